The van der Waals surface area contributed by atoms with Crippen LogP contribution in [0.3, 0.4) is 0 Å². The third-order valence-corrected chi connectivity index (χ3v) is 7.89. The Morgan fingerprint density at radius 1 is 1.06 bits per heavy atom. The topological polar surface area (TPSA) is 86.4 Å². The number of nitrogens with zero attached hydrogens (tertiary/aromatic N) is 3. The summed E-state index contributed by atoms with van der Waals surface area (Å²) in [5.41, 5.74) is 1.32. The van der Waals surface area contributed by atoms with Gasteiger partial charge in [-0.1, -0.05) is 62.2 Å². The fourth-order valence-corrected chi connectivity index (χ4v) is 5.82. The Hall–Kier alpha value is -2.90. The summed E-state index contributed by atoms with van der Waals surface area (Å²) < 4.78 is 0. The summed E-state index contributed by atoms with van der Waals surface area (Å²) in [5.74, 6) is -0.789. The maximum Gasteiger partial charge on any atom is 0.257 e. The number of halogens is 2. The van der Waals surface area contributed by atoms with Crippen LogP contribution in [0.15, 0.2) is 42.5 Å². The molecule has 7 nitrogen and oxygen atoms in total. The normalized spacial score (nSPS) is 20.2. The molecule has 0 unspecified atom stereocenters. The lowest BCUT2D eigenvalue weighted by atomic mass is 9.76. The zero-order chi connectivity index (χ0) is 25.8. The number of rotatable bonds is 5. The maximum absolute atomic E-state index is 13.8. The van der Waals surface area contributed by atoms with E-state index in [0.717, 1.165) is 10.9 Å². The zero-order valence-corrected chi connectivity index (χ0v) is 21.9. The van der Waals surface area contributed by atoms with Crippen LogP contribution in [0.5, 0.6) is 0 Å². The molecule has 36 heavy (non-hydrogen) atoms. The number of carbonyl (C=O) groups is 3. The summed E-state index contributed by atoms with van der Waals surface area (Å²) >= 11 is 12.0. The van der Waals surface area contributed by atoms with Crippen molar-refractivity contribution in [1.29, 1.82) is 0 Å². The molecule has 0 saturated carbocycles. The van der Waals surface area contributed by atoms with E-state index in [4.69, 9.17) is 23.2 Å². The minimum atomic E-state index is -0.477. The summed E-state index contributed by atoms with van der Waals surface area (Å²) in [6.07, 6.45) is 0.834. The number of nitrogens with one attached hydrogen (secondary N) is 1. The molecule has 5 rings (SSSR count). The summed E-state index contributed by atoms with van der Waals surface area (Å²) in [7, 11) is 0. The van der Waals surface area contributed by atoms with E-state index >= 15 is 0 Å². The van der Waals surface area contributed by atoms with Crippen molar-refractivity contribution < 1.29 is 14.4 Å². The van der Waals surface area contributed by atoms with Crippen LogP contribution in [0.4, 0.5) is 0 Å². The number of Topliss-reactive ketones (excluding diaryl/α,β-unsaturated/α-hetero) is 1. The molecule has 2 bridgehead atoms. The van der Waals surface area contributed by atoms with Gasteiger partial charge in [0, 0.05) is 30.4 Å². The van der Waals surface area contributed by atoms with Gasteiger partial charge in [0.1, 0.15) is 10.3 Å². The molecule has 2 aliphatic heterocycles. The van der Waals surface area contributed by atoms with Crippen molar-refractivity contribution in [2.75, 3.05) is 13.1 Å². The summed E-state index contributed by atoms with van der Waals surface area (Å²) in [6, 6.07) is 12.5. The van der Waals surface area contributed by atoms with Crippen molar-refractivity contribution in [3.8, 4) is 0 Å². The number of piperazine rings is 1. The van der Waals surface area contributed by atoms with Gasteiger partial charge in [-0.3, -0.25) is 14.4 Å². The SMILES string of the molecule is CC(C)(C)[C@H](CC(=O)c1cc2ccccc2[nH]1)C(=O)N1C[C@@H]2C[C@H]1CN2C(=O)c1ccc(Cl)nc1Cl. The third-order valence-electron chi connectivity index (χ3n) is 7.39. The number of likely N-dealkylation sites (tertiary alicyclic amines) is 2. The van der Waals surface area contributed by atoms with Crippen LogP contribution < -0.4 is 0 Å². The van der Waals surface area contributed by atoms with Gasteiger partial charge in [-0.2, -0.15) is 0 Å². The number of aromatic amines is 1. The van der Waals surface area contributed by atoms with Gasteiger partial charge in [0.25, 0.3) is 5.91 Å². The molecule has 2 aliphatic rings. The Balaban J connectivity index is 1.30. The molecule has 0 aliphatic carbocycles. The van der Waals surface area contributed by atoms with E-state index in [2.05, 4.69) is 9.97 Å². The van der Waals surface area contributed by atoms with E-state index in [9.17, 15) is 14.4 Å². The highest BCUT2D eigenvalue weighted by atomic mass is 35.5. The minimum Gasteiger partial charge on any atom is -0.352 e. The van der Waals surface area contributed by atoms with Crippen molar-refractivity contribution in [2.45, 2.75) is 45.7 Å². The van der Waals surface area contributed by atoms with Crippen LogP contribution in [0.25, 0.3) is 10.9 Å². The van der Waals surface area contributed by atoms with Gasteiger partial charge >= 0.3 is 0 Å². The number of pyridine rings is 1. The van der Waals surface area contributed by atoms with Gasteiger partial charge in [-0.15, -0.1) is 0 Å². The fraction of sp³-hybridized carbons (Fsp3) is 0.407. The Labute approximate surface area is 219 Å². The molecule has 2 aromatic heterocycles. The minimum absolute atomic E-state index is 0.0299. The van der Waals surface area contributed by atoms with E-state index in [1.807, 2.05) is 56.0 Å². The molecule has 1 aromatic carbocycles. The molecule has 2 amide bonds. The van der Waals surface area contributed by atoms with Gasteiger partial charge in [-0.25, -0.2) is 4.98 Å². The predicted octanol–water partition coefficient (Wildman–Crippen LogP) is 5.23. The number of aromatic nitrogens is 2. The van der Waals surface area contributed by atoms with Gasteiger partial charge in [0.05, 0.1) is 29.3 Å². The number of carbonyl (C=O) groups excluding carboxylic acids is 3. The molecule has 0 radical (unpaired) electrons. The highest BCUT2D eigenvalue weighted by Gasteiger charge is 2.50. The molecule has 3 aromatic rings. The number of amides is 2. The van der Waals surface area contributed by atoms with Gasteiger partial charge in [0.15, 0.2) is 5.78 Å². The number of para-hydroxylation sites is 1. The van der Waals surface area contributed by atoms with Crippen molar-refractivity contribution in [3.05, 3.63) is 64.0 Å². The standard InChI is InChI=1S/C27H28Cl2N4O3/c1-27(2,3)19(12-22(34)21-10-15-6-4-5-7-20(15)30-21)26(36)33-14-16-11-17(33)13-32(16)25(35)18-8-9-23(28)31-24(18)29/h4-10,16-17,19,30H,11-14H2,1-3H3/t16-,17-,19+/m0/s1. The second-order valence-corrected chi connectivity index (χ2v) is 11.5. The van der Waals surface area contributed by atoms with Crippen LogP contribution in [0.2, 0.25) is 10.3 Å². The van der Waals surface area contributed by atoms with Crippen LogP contribution in [-0.4, -0.2) is 62.5 Å². The second kappa shape index (κ2) is 9.20. The van der Waals surface area contributed by atoms with E-state index in [0.29, 0.717) is 30.8 Å². The van der Waals surface area contributed by atoms with Crippen LogP contribution in [-0.2, 0) is 4.79 Å². The van der Waals surface area contributed by atoms with E-state index in [1.54, 1.807) is 17.0 Å². The van der Waals surface area contributed by atoms with Crippen molar-refractivity contribution in [2.24, 2.45) is 11.3 Å². The third kappa shape index (κ3) is 4.50. The predicted molar refractivity (Wildman–Crippen MR) is 139 cm³/mol. The Morgan fingerprint density at radius 2 is 1.75 bits per heavy atom. The first-order valence-corrected chi connectivity index (χ1v) is 12.8. The second-order valence-electron chi connectivity index (χ2n) is 10.8. The first kappa shape index (κ1) is 24.8. The molecule has 4 heterocycles. The van der Waals surface area contributed by atoms with Gasteiger partial charge in [-0.05, 0) is 36.1 Å². The van der Waals surface area contributed by atoms with E-state index in [-0.39, 0.29) is 46.4 Å². The molecule has 9 heteroatoms. The van der Waals surface area contributed by atoms with Crippen LogP contribution in [0.1, 0.15) is 54.5 Å². The number of hydrogen-bond acceptors (Lipinski definition) is 4. The highest BCUT2D eigenvalue weighted by molar-refractivity contribution is 6.34. The van der Waals surface area contributed by atoms with E-state index < -0.39 is 11.3 Å². The summed E-state index contributed by atoms with van der Waals surface area (Å²) in [6.45, 7) is 6.86. The van der Waals surface area contributed by atoms with Gasteiger partial charge < -0.3 is 14.8 Å². The monoisotopic (exact) mass is 526 g/mol. The molecular formula is C27H28Cl2N4O3. The molecule has 1 N–H and O–H groups in total. The first-order valence-electron chi connectivity index (χ1n) is 12.1. The molecule has 188 valence electrons. The molecule has 2 saturated heterocycles. The Kier molecular flexibility index (Phi) is 6.33. The number of benzene rings is 1. The zero-order valence-electron chi connectivity index (χ0n) is 20.4. The summed E-state index contributed by atoms with van der Waals surface area (Å²) in [4.78, 5) is 50.9. The van der Waals surface area contributed by atoms with Crippen LogP contribution >= 0.6 is 23.2 Å². The number of fused-ring (bicyclic) bond motifs is 3. The maximum atomic E-state index is 13.8. The van der Waals surface area contributed by atoms with Crippen molar-refractivity contribution in [3.63, 3.8) is 0 Å². The molecule has 0 spiro atoms. The summed E-state index contributed by atoms with van der Waals surface area (Å²) in [5, 5.41) is 1.27. The average molecular weight is 527 g/mol. The van der Waals surface area contributed by atoms with Crippen LogP contribution in [0, 0.1) is 11.3 Å². The molecule has 2 fully saturated rings. The first-order chi connectivity index (χ1) is 17.0. The quantitative estimate of drug-likeness (QED) is 0.364. The Morgan fingerprint density at radius 3 is 2.39 bits per heavy atom. The lowest BCUT2D eigenvalue weighted by Gasteiger charge is -2.39. The molecule has 3 atom stereocenters. The smallest absolute Gasteiger partial charge is 0.257 e. The number of hydrogen-bond donors (Lipinski definition) is 1. The van der Waals surface area contributed by atoms with Gasteiger partial charge in [0.2, 0.25) is 5.91 Å². The largest absolute Gasteiger partial charge is 0.352 e. The highest BCUT2D eigenvalue weighted by Crippen LogP contribution is 2.38. The fourth-order valence-electron chi connectivity index (χ4n) is 5.40. The van der Waals surface area contributed by atoms with Crippen molar-refractivity contribution in [1.82, 2.24) is 19.8 Å². The Bertz CT molecular complexity index is 1330. The lowest BCUT2D eigenvalue weighted by molar-refractivity contribution is -0.141. The number of H-pyrrole nitrogens is 1. The van der Waals surface area contributed by atoms with Crippen molar-refractivity contribution >= 4 is 51.7 Å². The number of ketones is 1. The lowest BCUT2D eigenvalue weighted by Crippen LogP contribution is -2.53. The molecular weight excluding hydrogens is 499 g/mol. The van der Waals surface area contributed by atoms with E-state index in [1.165, 1.54) is 0 Å². The average Bonchev–Trinajstić information content (AvgIpc) is 3.54.